The average molecular weight is 417 g/mol. The highest BCUT2D eigenvalue weighted by molar-refractivity contribution is 7.91. The van der Waals surface area contributed by atoms with Crippen molar-refractivity contribution in [3.8, 4) is 0 Å². The number of aryl methyl sites for hydroxylation is 3. The summed E-state index contributed by atoms with van der Waals surface area (Å²) in [6.07, 6.45) is 0.297. The third-order valence-corrected chi connectivity index (χ3v) is 7.81. The predicted molar refractivity (Wildman–Crippen MR) is 110 cm³/mol. The third kappa shape index (κ3) is 3.35. The molecule has 1 amide bonds. The summed E-state index contributed by atoms with van der Waals surface area (Å²) in [4.78, 5) is 26.8. The molecule has 0 radical (unpaired) electrons. The summed E-state index contributed by atoms with van der Waals surface area (Å²) in [5.41, 5.74) is 2.52. The van der Waals surface area contributed by atoms with E-state index in [1.165, 1.54) is 4.90 Å². The zero-order chi connectivity index (χ0) is 21.1. The van der Waals surface area contributed by atoms with Crippen molar-refractivity contribution in [3.05, 3.63) is 45.0 Å². The molecule has 4 rings (SSSR count). The molecule has 0 bridgehead atoms. The highest BCUT2D eigenvalue weighted by Crippen LogP contribution is 2.31. The van der Waals surface area contributed by atoms with E-state index in [9.17, 15) is 18.0 Å². The molecule has 1 saturated heterocycles. The van der Waals surface area contributed by atoms with Gasteiger partial charge < -0.3 is 13.7 Å². The molecular weight excluding hydrogens is 394 g/mol. The maximum absolute atomic E-state index is 12.8. The van der Waals surface area contributed by atoms with Crippen molar-refractivity contribution in [2.45, 2.75) is 39.7 Å². The van der Waals surface area contributed by atoms with Crippen molar-refractivity contribution in [1.29, 1.82) is 0 Å². The molecule has 0 aliphatic carbocycles. The summed E-state index contributed by atoms with van der Waals surface area (Å²) >= 11 is 0. The van der Waals surface area contributed by atoms with Crippen molar-refractivity contribution in [3.63, 3.8) is 0 Å². The maximum Gasteiger partial charge on any atom is 0.340 e. The van der Waals surface area contributed by atoms with Gasteiger partial charge in [0, 0.05) is 29.9 Å². The van der Waals surface area contributed by atoms with E-state index in [0.29, 0.717) is 28.7 Å². The lowest BCUT2D eigenvalue weighted by atomic mass is 10.0. The highest BCUT2D eigenvalue weighted by atomic mass is 32.2. The van der Waals surface area contributed by atoms with Crippen LogP contribution in [0.25, 0.3) is 21.9 Å². The highest BCUT2D eigenvalue weighted by Gasteiger charge is 2.33. The lowest BCUT2D eigenvalue weighted by Crippen LogP contribution is -2.39. The number of sulfone groups is 1. The first-order chi connectivity index (χ1) is 13.6. The Morgan fingerprint density at radius 3 is 2.41 bits per heavy atom. The monoisotopic (exact) mass is 417 g/mol. The first kappa shape index (κ1) is 19.7. The Hall–Kier alpha value is -2.61. The summed E-state index contributed by atoms with van der Waals surface area (Å²) in [6.45, 7) is 5.65. The van der Waals surface area contributed by atoms with Gasteiger partial charge in [-0.1, -0.05) is 0 Å². The molecule has 1 aliphatic rings. The Labute approximate surface area is 168 Å². The third-order valence-electron chi connectivity index (χ3n) is 6.06. The summed E-state index contributed by atoms with van der Waals surface area (Å²) in [6, 6.07) is 3.28. The average Bonchev–Trinajstić information content (AvgIpc) is 3.15. The fraction of sp³-hybridized carbons (Fsp3) is 0.429. The minimum atomic E-state index is -3.10. The normalized spacial score (nSPS) is 18.6. The van der Waals surface area contributed by atoms with Crippen LogP contribution in [0.4, 0.5) is 0 Å². The van der Waals surface area contributed by atoms with E-state index in [-0.39, 0.29) is 29.9 Å². The molecule has 3 heterocycles. The second kappa shape index (κ2) is 6.73. The maximum atomic E-state index is 12.8. The van der Waals surface area contributed by atoms with Crippen LogP contribution >= 0.6 is 0 Å². The van der Waals surface area contributed by atoms with Crippen LogP contribution < -0.4 is 5.63 Å². The van der Waals surface area contributed by atoms with E-state index in [4.69, 9.17) is 8.83 Å². The summed E-state index contributed by atoms with van der Waals surface area (Å²) < 4.78 is 34.6. The molecule has 1 unspecified atom stereocenters. The number of hydrogen-bond donors (Lipinski definition) is 0. The number of carbonyl (C=O) groups is 1. The Balaban J connectivity index is 1.72. The van der Waals surface area contributed by atoms with E-state index in [2.05, 4.69) is 0 Å². The topological polar surface area (TPSA) is 97.8 Å². The van der Waals surface area contributed by atoms with Gasteiger partial charge in [0.05, 0.1) is 23.5 Å². The minimum Gasteiger partial charge on any atom is -0.461 e. The lowest BCUT2D eigenvalue weighted by molar-refractivity contribution is -0.130. The number of hydrogen-bond acceptors (Lipinski definition) is 6. The number of benzene rings is 1. The van der Waals surface area contributed by atoms with Gasteiger partial charge in [0.2, 0.25) is 5.91 Å². The van der Waals surface area contributed by atoms with Crippen molar-refractivity contribution >= 4 is 37.7 Å². The SMILES string of the molecule is Cc1oc2cc3oc(=O)c(CC(=O)N(C)C4CCS(=O)(=O)C4)c(C)c3cc2c1C. The molecule has 0 saturated carbocycles. The van der Waals surface area contributed by atoms with Gasteiger partial charge in [0.25, 0.3) is 0 Å². The molecule has 1 atom stereocenters. The van der Waals surface area contributed by atoms with Gasteiger partial charge in [0.1, 0.15) is 16.9 Å². The van der Waals surface area contributed by atoms with Crippen LogP contribution in [-0.4, -0.2) is 43.8 Å². The quantitative estimate of drug-likeness (QED) is 0.608. The Morgan fingerprint density at radius 2 is 1.76 bits per heavy atom. The Morgan fingerprint density at radius 1 is 1.10 bits per heavy atom. The van der Waals surface area contributed by atoms with Crippen LogP contribution in [0, 0.1) is 20.8 Å². The van der Waals surface area contributed by atoms with E-state index in [1.54, 1.807) is 20.0 Å². The molecule has 8 heteroatoms. The van der Waals surface area contributed by atoms with Crippen LogP contribution in [0.3, 0.4) is 0 Å². The van der Waals surface area contributed by atoms with Gasteiger partial charge in [-0.15, -0.1) is 0 Å². The van der Waals surface area contributed by atoms with Crippen LogP contribution in [0.2, 0.25) is 0 Å². The number of fused-ring (bicyclic) bond motifs is 2. The number of nitrogens with zero attached hydrogens (tertiary/aromatic N) is 1. The molecule has 1 fully saturated rings. The fourth-order valence-electron chi connectivity index (χ4n) is 3.99. The van der Waals surface area contributed by atoms with Crippen LogP contribution in [-0.2, 0) is 21.1 Å². The number of amides is 1. The van der Waals surface area contributed by atoms with Gasteiger partial charge >= 0.3 is 5.63 Å². The van der Waals surface area contributed by atoms with Crippen LogP contribution in [0.15, 0.2) is 25.8 Å². The summed E-state index contributed by atoms with van der Waals surface area (Å²) in [5.74, 6) is 0.570. The van der Waals surface area contributed by atoms with E-state index in [0.717, 1.165) is 22.1 Å². The molecule has 7 nitrogen and oxygen atoms in total. The molecule has 1 aromatic carbocycles. The van der Waals surface area contributed by atoms with Gasteiger partial charge in [-0.3, -0.25) is 4.79 Å². The van der Waals surface area contributed by atoms with E-state index in [1.807, 2.05) is 19.9 Å². The molecule has 29 heavy (non-hydrogen) atoms. The zero-order valence-electron chi connectivity index (χ0n) is 16.9. The number of likely N-dealkylation sites (N-methyl/N-ethyl adjacent to an activating group) is 1. The number of rotatable bonds is 3. The van der Waals surface area contributed by atoms with Crippen molar-refractivity contribution in [1.82, 2.24) is 4.90 Å². The van der Waals surface area contributed by atoms with Crippen LogP contribution in [0.1, 0.15) is 28.9 Å². The van der Waals surface area contributed by atoms with Gasteiger partial charge in [-0.25, -0.2) is 13.2 Å². The lowest BCUT2D eigenvalue weighted by Gasteiger charge is -2.23. The van der Waals surface area contributed by atoms with Gasteiger partial charge in [-0.05, 0) is 44.4 Å². The summed E-state index contributed by atoms with van der Waals surface area (Å²) in [5, 5.41) is 1.70. The fourth-order valence-corrected chi connectivity index (χ4v) is 5.76. The molecule has 3 aromatic rings. The number of carbonyl (C=O) groups excluding carboxylic acids is 1. The van der Waals surface area contributed by atoms with Gasteiger partial charge in [-0.2, -0.15) is 0 Å². The first-order valence-electron chi connectivity index (χ1n) is 9.49. The molecule has 2 aromatic heterocycles. The van der Waals surface area contributed by atoms with E-state index < -0.39 is 15.5 Å². The molecular formula is C21H23NO6S. The zero-order valence-corrected chi connectivity index (χ0v) is 17.7. The largest absolute Gasteiger partial charge is 0.461 e. The second-order valence-corrected chi connectivity index (χ2v) is 10.1. The van der Waals surface area contributed by atoms with Gasteiger partial charge in [0.15, 0.2) is 9.84 Å². The molecule has 0 N–H and O–H groups in total. The second-order valence-electron chi connectivity index (χ2n) is 7.86. The standard InChI is InChI=1S/C21H23NO6S/c1-11-13(3)27-18-9-19-16(7-15(11)18)12(2)17(21(24)28-19)8-20(23)22(4)14-5-6-29(25,26)10-14/h7,9,14H,5-6,8,10H2,1-4H3. The molecule has 0 spiro atoms. The van der Waals surface area contributed by atoms with Crippen molar-refractivity contribution in [2.24, 2.45) is 0 Å². The van der Waals surface area contributed by atoms with Crippen LogP contribution in [0.5, 0.6) is 0 Å². The Kier molecular flexibility index (Phi) is 4.57. The molecule has 154 valence electrons. The summed E-state index contributed by atoms with van der Waals surface area (Å²) in [7, 11) is -1.51. The van der Waals surface area contributed by atoms with Crippen molar-refractivity contribution < 1.29 is 22.0 Å². The smallest absolute Gasteiger partial charge is 0.340 e. The predicted octanol–water partition coefficient (Wildman–Crippen LogP) is 2.65. The number of furan rings is 1. The Bertz CT molecular complexity index is 1310. The van der Waals surface area contributed by atoms with E-state index >= 15 is 0 Å². The molecule has 1 aliphatic heterocycles. The minimum absolute atomic E-state index is 0.0301. The first-order valence-corrected chi connectivity index (χ1v) is 11.3. The van der Waals surface area contributed by atoms with Crippen molar-refractivity contribution in [2.75, 3.05) is 18.6 Å².